The molecule has 0 radical (unpaired) electrons. The molecule has 3 aromatic heterocycles. The lowest BCUT2D eigenvalue weighted by Crippen LogP contribution is -2.50. The molecule has 11 heteroatoms. The van der Waals surface area contributed by atoms with Crippen LogP contribution in [-0.2, 0) is 22.6 Å². The molecule has 1 amide bonds. The summed E-state index contributed by atoms with van der Waals surface area (Å²) in [5.74, 6) is 0.881. The number of imidazole rings is 1. The van der Waals surface area contributed by atoms with Crippen molar-refractivity contribution in [3.05, 3.63) is 66.0 Å². The van der Waals surface area contributed by atoms with Crippen molar-refractivity contribution in [2.45, 2.75) is 78.2 Å². The Balaban J connectivity index is 1.18. The molecule has 44 heavy (non-hydrogen) atoms. The highest BCUT2D eigenvalue weighted by Gasteiger charge is 2.28. The van der Waals surface area contributed by atoms with E-state index in [-0.39, 0.29) is 12.1 Å². The third-order valence-electron chi connectivity index (χ3n) is 7.90. The van der Waals surface area contributed by atoms with Crippen LogP contribution in [0.15, 0.2) is 48.9 Å². The molecule has 1 N–H and O–H groups in total. The monoisotopic (exact) mass is 617 g/mol. The molecule has 0 bridgehead atoms. The number of H-pyrrole nitrogens is 1. The molecule has 5 rings (SSSR count). The molecule has 1 fully saturated rings. The average molecular weight is 618 g/mol. The van der Waals surface area contributed by atoms with E-state index in [1.54, 1.807) is 4.90 Å². The number of carbonyl (C=O) groups is 1. The van der Waals surface area contributed by atoms with Crippen molar-refractivity contribution in [3.8, 4) is 11.1 Å². The van der Waals surface area contributed by atoms with Gasteiger partial charge in [-0.15, -0.1) is 0 Å². The number of piperazine rings is 1. The summed E-state index contributed by atoms with van der Waals surface area (Å²) in [5, 5.41) is 4.49. The Morgan fingerprint density at radius 1 is 1.07 bits per heavy atom. The summed E-state index contributed by atoms with van der Waals surface area (Å²) in [6, 6.07) is 11.9. The Labute approximate surface area is 261 Å². The summed E-state index contributed by atoms with van der Waals surface area (Å²) in [7, 11) is -1.10. The molecule has 1 saturated heterocycles. The topological polar surface area (TPSA) is 101 Å². The van der Waals surface area contributed by atoms with E-state index < -0.39 is 13.7 Å². The van der Waals surface area contributed by atoms with E-state index in [4.69, 9.17) is 14.5 Å². The Morgan fingerprint density at radius 2 is 1.84 bits per heavy atom. The van der Waals surface area contributed by atoms with Gasteiger partial charge in [0, 0.05) is 77.0 Å². The maximum atomic E-state index is 12.5. The van der Waals surface area contributed by atoms with Gasteiger partial charge in [-0.2, -0.15) is 5.10 Å². The number of carbonyl (C=O) groups excluding carboxylic acids is 1. The first-order valence-electron chi connectivity index (χ1n) is 15.6. The van der Waals surface area contributed by atoms with Gasteiger partial charge in [-0.25, -0.2) is 14.5 Å². The third kappa shape index (κ3) is 8.55. The standard InChI is InChI=1S/C33H47N7O3Si/c1-24(38-12-14-39(15-13-38)32(41)43-33(2,3)4)25-10-11-34-28(18-25)20-31-36-29-9-8-26(19-30(29)37-31)27-21-35-40(22-27)23-42-16-17-44(5,6)7/h8-11,18-19,21-22,24H,12-17,20,23H2,1-7H3,(H,36,37). The summed E-state index contributed by atoms with van der Waals surface area (Å²) < 4.78 is 13.3. The second-order valence-electron chi connectivity index (χ2n) is 14.0. The van der Waals surface area contributed by atoms with Gasteiger partial charge >= 0.3 is 6.09 Å². The van der Waals surface area contributed by atoms with E-state index in [0.29, 0.717) is 26.2 Å². The molecule has 236 valence electrons. The fraction of sp³-hybridized carbons (Fsp3) is 0.515. The van der Waals surface area contributed by atoms with Crippen LogP contribution in [0, 0.1) is 0 Å². The summed E-state index contributed by atoms with van der Waals surface area (Å²) >= 11 is 0. The zero-order valence-electron chi connectivity index (χ0n) is 27.3. The number of hydrogen-bond acceptors (Lipinski definition) is 7. The molecule has 4 heterocycles. The first kappa shape index (κ1) is 31.9. The Morgan fingerprint density at radius 3 is 2.57 bits per heavy atom. The van der Waals surface area contributed by atoms with E-state index in [2.05, 4.69) is 76.9 Å². The molecule has 1 aliphatic heterocycles. The maximum Gasteiger partial charge on any atom is 0.410 e. The van der Waals surface area contributed by atoms with Crippen LogP contribution in [0.25, 0.3) is 22.2 Å². The number of pyridine rings is 1. The van der Waals surface area contributed by atoms with Crippen LogP contribution >= 0.6 is 0 Å². The van der Waals surface area contributed by atoms with Gasteiger partial charge in [-0.05, 0) is 69.1 Å². The van der Waals surface area contributed by atoms with Gasteiger partial charge < -0.3 is 19.4 Å². The lowest BCUT2D eigenvalue weighted by molar-refractivity contribution is 0.0110. The van der Waals surface area contributed by atoms with E-state index in [0.717, 1.165) is 59.4 Å². The highest BCUT2D eigenvalue weighted by Crippen LogP contribution is 2.26. The van der Waals surface area contributed by atoms with Crippen molar-refractivity contribution in [2.24, 2.45) is 0 Å². The van der Waals surface area contributed by atoms with Crippen LogP contribution in [0.4, 0.5) is 4.79 Å². The number of fused-ring (bicyclic) bond motifs is 1. The molecule has 1 aromatic carbocycles. The number of benzene rings is 1. The second kappa shape index (κ2) is 13.2. The van der Waals surface area contributed by atoms with E-state index in [1.165, 1.54) is 5.56 Å². The van der Waals surface area contributed by atoms with Crippen molar-refractivity contribution in [2.75, 3.05) is 32.8 Å². The van der Waals surface area contributed by atoms with E-state index in [1.807, 2.05) is 44.0 Å². The van der Waals surface area contributed by atoms with Crippen LogP contribution in [-0.4, -0.2) is 87.1 Å². The average Bonchev–Trinajstić information content (AvgIpc) is 3.60. The van der Waals surface area contributed by atoms with Crippen molar-refractivity contribution >= 4 is 25.2 Å². The maximum absolute atomic E-state index is 12.5. The minimum atomic E-state index is -1.10. The van der Waals surface area contributed by atoms with Crippen molar-refractivity contribution in [1.82, 2.24) is 34.5 Å². The zero-order valence-corrected chi connectivity index (χ0v) is 28.3. The highest BCUT2D eigenvalue weighted by atomic mass is 28.3. The number of amides is 1. The second-order valence-corrected chi connectivity index (χ2v) is 19.6. The van der Waals surface area contributed by atoms with Gasteiger partial charge in [0.25, 0.3) is 0 Å². The molecule has 4 aromatic rings. The van der Waals surface area contributed by atoms with Gasteiger partial charge in [0.15, 0.2) is 0 Å². The first-order valence-corrected chi connectivity index (χ1v) is 19.3. The molecule has 0 saturated carbocycles. The number of rotatable bonds is 10. The van der Waals surface area contributed by atoms with E-state index >= 15 is 0 Å². The number of nitrogens with zero attached hydrogens (tertiary/aromatic N) is 6. The van der Waals surface area contributed by atoms with E-state index in [9.17, 15) is 4.79 Å². The quantitative estimate of drug-likeness (QED) is 0.164. The van der Waals surface area contributed by atoms with Crippen molar-refractivity contribution in [3.63, 3.8) is 0 Å². The molecule has 1 aliphatic rings. The minimum absolute atomic E-state index is 0.211. The normalized spacial score (nSPS) is 15.6. The Bertz CT molecular complexity index is 1560. The van der Waals surface area contributed by atoms with Gasteiger partial charge in [0.1, 0.15) is 18.2 Å². The smallest absolute Gasteiger partial charge is 0.410 e. The van der Waals surface area contributed by atoms with Crippen LogP contribution in [0.3, 0.4) is 0 Å². The number of nitrogens with one attached hydrogen (secondary N) is 1. The van der Waals surface area contributed by atoms with Crippen LogP contribution in [0.5, 0.6) is 0 Å². The largest absolute Gasteiger partial charge is 0.444 e. The van der Waals surface area contributed by atoms with Crippen LogP contribution in [0.2, 0.25) is 25.7 Å². The van der Waals surface area contributed by atoms with Gasteiger partial charge in [-0.1, -0.05) is 25.7 Å². The van der Waals surface area contributed by atoms with Gasteiger partial charge in [0.2, 0.25) is 0 Å². The van der Waals surface area contributed by atoms with Gasteiger partial charge in [0.05, 0.1) is 17.2 Å². The number of aromatic nitrogens is 5. The number of ether oxygens (including phenoxy) is 2. The Hall–Kier alpha value is -3.54. The molecule has 10 nitrogen and oxygen atoms in total. The van der Waals surface area contributed by atoms with Crippen molar-refractivity contribution in [1.29, 1.82) is 0 Å². The summed E-state index contributed by atoms with van der Waals surface area (Å²) in [6.07, 6.45) is 6.17. The van der Waals surface area contributed by atoms with Gasteiger partial charge in [-0.3, -0.25) is 9.88 Å². The zero-order chi connectivity index (χ0) is 31.5. The molecule has 0 aliphatic carbocycles. The summed E-state index contributed by atoms with van der Waals surface area (Å²) in [4.78, 5) is 29.7. The van der Waals surface area contributed by atoms with Crippen molar-refractivity contribution < 1.29 is 14.3 Å². The fourth-order valence-corrected chi connectivity index (χ4v) is 6.06. The summed E-state index contributed by atoms with van der Waals surface area (Å²) in [6.45, 7) is 19.1. The molecular formula is C33H47N7O3Si. The summed E-state index contributed by atoms with van der Waals surface area (Å²) in [5.41, 5.74) is 5.75. The minimum Gasteiger partial charge on any atom is -0.444 e. The fourth-order valence-electron chi connectivity index (χ4n) is 5.30. The van der Waals surface area contributed by atoms with Crippen LogP contribution < -0.4 is 0 Å². The number of aromatic amines is 1. The lowest BCUT2D eigenvalue weighted by atomic mass is 10.1. The SMILES string of the molecule is CC(c1ccnc(Cc2nc3ccc(-c4cnn(COCC[Si](C)(C)C)c4)cc3[nH]2)c1)N1CCN(C(=O)OC(C)(C)C)CC1. The van der Waals surface area contributed by atoms with Crippen LogP contribution in [0.1, 0.15) is 50.8 Å². The lowest BCUT2D eigenvalue weighted by Gasteiger charge is -2.38. The predicted molar refractivity (Wildman–Crippen MR) is 176 cm³/mol. The molecule has 1 unspecified atom stereocenters. The predicted octanol–water partition coefficient (Wildman–Crippen LogP) is 6.34. The highest BCUT2D eigenvalue weighted by molar-refractivity contribution is 6.76. The molecule has 1 atom stereocenters. The molecule has 0 spiro atoms. The number of hydrogen-bond donors (Lipinski definition) is 1. The first-order chi connectivity index (χ1) is 20.8. The third-order valence-corrected chi connectivity index (χ3v) is 9.61. The molecular weight excluding hydrogens is 570 g/mol. The Kier molecular flexibility index (Phi) is 9.57.